The molecule has 76 valence electrons. The Morgan fingerprint density at radius 2 is 2.50 bits per heavy atom. The molecule has 0 saturated carbocycles. The van der Waals surface area contributed by atoms with Gasteiger partial charge in [-0.15, -0.1) is 17.9 Å². The lowest BCUT2D eigenvalue weighted by atomic mass is 9.86. The molecule has 1 aromatic rings. The molecule has 2 nitrogen and oxygen atoms in total. The summed E-state index contributed by atoms with van der Waals surface area (Å²) in [5.74, 6) is -0.836. The van der Waals surface area contributed by atoms with Crippen LogP contribution >= 0.6 is 27.3 Å². The minimum Gasteiger partial charge on any atom is -0.481 e. The maximum atomic E-state index is 11.0. The van der Waals surface area contributed by atoms with Crippen LogP contribution in [0, 0.1) is 5.41 Å². The van der Waals surface area contributed by atoms with Crippen LogP contribution in [-0.4, -0.2) is 11.1 Å². The number of halogens is 1. The van der Waals surface area contributed by atoms with Crippen LogP contribution in [0.1, 0.15) is 11.8 Å². The van der Waals surface area contributed by atoms with Crippen molar-refractivity contribution in [1.29, 1.82) is 0 Å². The number of thiophene rings is 1. The standard InChI is InChI=1S/C10H11BrO2S/c1-3-10(2,9(12)13)5-8-4-7(11)6-14-8/h3-4,6H,1,5H2,2H3,(H,12,13). The molecule has 1 heterocycles. The van der Waals surface area contributed by atoms with Gasteiger partial charge >= 0.3 is 5.97 Å². The number of rotatable bonds is 4. The number of aliphatic carboxylic acids is 1. The summed E-state index contributed by atoms with van der Waals surface area (Å²) in [6.45, 7) is 5.25. The Bertz CT molecular complexity index is 359. The van der Waals surface area contributed by atoms with Crippen molar-refractivity contribution in [3.05, 3.63) is 33.5 Å². The van der Waals surface area contributed by atoms with Crippen LogP contribution in [0.5, 0.6) is 0 Å². The molecule has 0 aliphatic carbocycles. The predicted molar refractivity (Wildman–Crippen MR) is 61.7 cm³/mol. The van der Waals surface area contributed by atoms with Gasteiger partial charge in [-0.1, -0.05) is 6.08 Å². The Labute approximate surface area is 95.4 Å². The fourth-order valence-corrected chi connectivity index (χ4v) is 2.66. The molecule has 0 aliphatic rings. The van der Waals surface area contributed by atoms with Crippen LogP contribution < -0.4 is 0 Å². The van der Waals surface area contributed by atoms with E-state index >= 15 is 0 Å². The molecule has 4 heteroatoms. The third kappa shape index (κ3) is 2.45. The maximum Gasteiger partial charge on any atom is 0.313 e. The third-order valence-corrected chi connectivity index (χ3v) is 3.80. The molecule has 1 N–H and O–H groups in total. The van der Waals surface area contributed by atoms with E-state index in [4.69, 9.17) is 5.11 Å². The molecular weight excluding hydrogens is 264 g/mol. The highest BCUT2D eigenvalue weighted by molar-refractivity contribution is 9.10. The zero-order valence-electron chi connectivity index (χ0n) is 7.79. The van der Waals surface area contributed by atoms with Gasteiger partial charge in [-0.25, -0.2) is 0 Å². The van der Waals surface area contributed by atoms with E-state index in [2.05, 4.69) is 22.5 Å². The molecule has 0 fully saturated rings. The Balaban J connectivity index is 2.85. The van der Waals surface area contributed by atoms with Gasteiger partial charge in [0.25, 0.3) is 0 Å². The van der Waals surface area contributed by atoms with Gasteiger partial charge in [-0.3, -0.25) is 4.79 Å². The van der Waals surface area contributed by atoms with Crippen molar-refractivity contribution >= 4 is 33.2 Å². The summed E-state index contributed by atoms with van der Waals surface area (Å²) in [6, 6.07) is 1.94. The van der Waals surface area contributed by atoms with E-state index in [1.807, 2.05) is 11.4 Å². The highest BCUT2D eigenvalue weighted by atomic mass is 79.9. The third-order valence-electron chi connectivity index (χ3n) is 2.10. The lowest BCUT2D eigenvalue weighted by Crippen LogP contribution is -2.27. The Morgan fingerprint density at radius 1 is 1.86 bits per heavy atom. The topological polar surface area (TPSA) is 37.3 Å². The van der Waals surface area contributed by atoms with Crippen molar-refractivity contribution in [2.75, 3.05) is 0 Å². The first-order valence-corrected chi connectivity index (χ1v) is 5.75. The zero-order valence-corrected chi connectivity index (χ0v) is 10.2. The lowest BCUT2D eigenvalue weighted by Gasteiger charge is -2.18. The molecule has 0 spiro atoms. The van der Waals surface area contributed by atoms with Crippen LogP contribution in [0.15, 0.2) is 28.6 Å². The summed E-state index contributed by atoms with van der Waals surface area (Å²) in [7, 11) is 0. The quantitative estimate of drug-likeness (QED) is 0.856. The number of hydrogen-bond acceptors (Lipinski definition) is 2. The molecule has 1 atom stereocenters. The number of carboxylic acid groups (broad SMARTS) is 1. The number of hydrogen-bond donors (Lipinski definition) is 1. The lowest BCUT2D eigenvalue weighted by molar-refractivity contribution is -0.145. The molecule has 0 aromatic carbocycles. The summed E-state index contributed by atoms with van der Waals surface area (Å²) in [4.78, 5) is 12.0. The highest BCUT2D eigenvalue weighted by Gasteiger charge is 2.30. The van der Waals surface area contributed by atoms with Crippen LogP contribution in [0.3, 0.4) is 0 Å². The van der Waals surface area contributed by atoms with Gasteiger partial charge in [0.05, 0.1) is 5.41 Å². The van der Waals surface area contributed by atoms with E-state index < -0.39 is 11.4 Å². The van der Waals surface area contributed by atoms with E-state index in [0.29, 0.717) is 6.42 Å². The summed E-state index contributed by atoms with van der Waals surface area (Å²) >= 11 is 4.89. The summed E-state index contributed by atoms with van der Waals surface area (Å²) < 4.78 is 0.995. The second-order valence-electron chi connectivity index (χ2n) is 3.33. The molecule has 0 radical (unpaired) electrons. The predicted octanol–water partition coefficient (Wildman–Crippen LogP) is 3.33. The van der Waals surface area contributed by atoms with Crippen molar-refractivity contribution in [2.24, 2.45) is 5.41 Å². The second kappa shape index (κ2) is 4.28. The van der Waals surface area contributed by atoms with Crippen LogP contribution in [0.2, 0.25) is 0 Å². The van der Waals surface area contributed by atoms with Crippen molar-refractivity contribution in [3.8, 4) is 0 Å². The summed E-state index contributed by atoms with van der Waals surface area (Å²) in [5, 5.41) is 11.0. The van der Waals surface area contributed by atoms with Gasteiger partial charge in [-0.05, 0) is 28.9 Å². The van der Waals surface area contributed by atoms with Gasteiger partial charge < -0.3 is 5.11 Å². The zero-order chi connectivity index (χ0) is 10.8. The molecule has 1 rings (SSSR count). The van der Waals surface area contributed by atoms with E-state index in [1.165, 1.54) is 6.08 Å². The van der Waals surface area contributed by atoms with Crippen LogP contribution in [0.4, 0.5) is 0 Å². The molecule has 0 amide bonds. The monoisotopic (exact) mass is 274 g/mol. The maximum absolute atomic E-state index is 11.0. The first kappa shape index (κ1) is 11.5. The molecule has 1 aromatic heterocycles. The molecular formula is C10H11BrO2S. The van der Waals surface area contributed by atoms with E-state index in [1.54, 1.807) is 18.3 Å². The van der Waals surface area contributed by atoms with Gasteiger partial charge in [-0.2, -0.15) is 0 Å². The Kier molecular flexibility index (Phi) is 3.50. The fourth-order valence-electron chi connectivity index (χ4n) is 1.04. The second-order valence-corrected chi connectivity index (χ2v) is 5.25. The van der Waals surface area contributed by atoms with E-state index in [0.717, 1.165) is 9.35 Å². The van der Waals surface area contributed by atoms with Gasteiger partial charge in [0.1, 0.15) is 0 Å². The minimum absolute atomic E-state index is 0.488. The largest absolute Gasteiger partial charge is 0.481 e. The normalized spacial score (nSPS) is 14.7. The fraction of sp³-hybridized carbons (Fsp3) is 0.300. The van der Waals surface area contributed by atoms with E-state index in [9.17, 15) is 4.79 Å². The van der Waals surface area contributed by atoms with Crippen molar-refractivity contribution < 1.29 is 9.90 Å². The molecule has 1 unspecified atom stereocenters. The molecule has 0 aliphatic heterocycles. The van der Waals surface area contributed by atoms with Crippen LogP contribution in [-0.2, 0) is 11.2 Å². The van der Waals surface area contributed by atoms with Gasteiger partial charge in [0, 0.05) is 21.2 Å². The smallest absolute Gasteiger partial charge is 0.313 e. The SMILES string of the molecule is C=CC(C)(Cc1cc(Br)cs1)C(=O)O. The first-order valence-electron chi connectivity index (χ1n) is 4.08. The number of carbonyl (C=O) groups is 1. The van der Waals surface area contributed by atoms with Crippen molar-refractivity contribution in [2.45, 2.75) is 13.3 Å². The molecule has 0 saturated heterocycles. The van der Waals surface area contributed by atoms with Gasteiger partial charge in [0.15, 0.2) is 0 Å². The van der Waals surface area contributed by atoms with E-state index in [-0.39, 0.29) is 0 Å². The average Bonchev–Trinajstić information content (AvgIpc) is 2.50. The summed E-state index contributed by atoms with van der Waals surface area (Å²) in [6.07, 6.45) is 1.98. The van der Waals surface area contributed by atoms with Gasteiger partial charge in [0.2, 0.25) is 0 Å². The molecule has 14 heavy (non-hydrogen) atoms. The average molecular weight is 275 g/mol. The molecule has 0 bridgehead atoms. The van der Waals surface area contributed by atoms with Crippen molar-refractivity contribution in [3.63, 3.8) is 0 Å². The number of carboxylic acids is 1. The first-order chi connectivity index (χ1) is 6.48. The Morgan fingerprint density at radius 3 is 2.86 bits per heavy atom. The minimum atomic E-state index is -0.871. The Hall–Kier alpha value is -0.610. The highest BCUT2D eigenvalue weighted by Crippen LogP contribution is 2.29. The van der Waals surface area contributed by atoms with Crippen LogP contribution in [0.25, 0.3) is 0 Å². The van der Waals surface area contributed by atoms with Crippen molar-refractivity contribution in [1.82, 2.24) is 0 Å². The summed E-state index contributed by atoms with van der Waals surface area (Å²) in [5.41, 5.74) is -0.871.